The highest BCUT2D eigenvalue weighted by Crippen LogP contribution is 2.31. The lowest BCUT2D eigenvalue weighted by Crippen LogP contribution is -2.37. The molecule has 2 aromatic rings. The van der Waals surface area contributed by atoms with E-state index in [0.717, 1.165) is 17.0 Å². The molecule has 2 N–H and O–H groups in total. The molecule has 0 saturated heterocycles. The van der Waals surface area contributed by atoms with Crippen molar-refractivity contribution in [2.75, 3.05) is 10.7 Å². The summed E-state index contributed by atoms with van der Waals surface area (Å²) >= 11 is 7.30. The number of nitrogen functional groups attached to an aromatic ring is 1. The van der Waals surface area contributed by atoms with Crippen LogP contribution in [0.5, 0.6) is 0 Å². The zero-order valence-corrected chi connectivity index (χ0v) is 15.6. The van der Waals surface area contributed by atoms with Gasteiger partial charge in [-0.05, 0) is 39.0 Å². The fourth-order valence-electron chi connectivity index (χ4n) is 2.65. The van der Waals surface area contributed by atoms with Crippen LogP contribution in [-0.4, -0.2) is 26.2 Å². The third kappa shape index (κ3) is 3.62. The molecule has 7 nitrogen and oxygen atoms in total. The van der Waals surface area contributed by atoms with Gasteiger partial charge in [-0.15, -0.1) is 11.3 Å². The molecule has 0 unspecified atom stereocenters. The van der Waals surface area contributed by atoms with Crippen molar-refractivity contribution in [2.24, 2.45) is 5.10 Å². The SMILES string of the molecule is CC1=NN(c2nc(N)nc(/C(C#N)=C/c3ccc(Cl)s3)n2)C(C)(C)C1. The second-order valence-corrected chi connectivity index (χ2v) is 8.01. The Bertz CT molecular complexity index is 923. The summed E-state index contributed by atoms with van der Waals surface area (Å²) in [6.07, 6.45) is 2.47. The van der Waals surface area contributed by atoms with Crippen LogP contribution in [0.2, 0.25) is 4.34 Å². The Balaban J connectivity index is 2.05. The molecule has 9 heteroatoms. The van der Waals surface area contributed by atoms with Crippen molar-refractivity contribution in [3.8, 4) is 6.07 Å². The van der Waals surface area contributed by atoms with Gasteiger partial charge >= 0.3 is 0 Å². The summed E-state index contributed by atoms with van der Waals surface area (Å²) in [5.74, 6) is 0.584. The first-order chi connectivity index (χ1) is 11.8. The first-order valence-corrected chi connectivity index (χ1v) is 8.71. The molecule has 2 aromatic heterocycles. The number of hydrogen-bond acceptors (Lipinski definition) is 8. The van der Waals surface area contributed by atoms with E-state index in [1.54, 1.807) is 17.2 Å². The van der Waals surface area contributed by atoms with E-state index in [1.165, 1.54) is 11.3 Å². The molecule has 0 radical (unpaired) electrons. The van der Waals surface area contributed by atoms with E-state index in [-0.39, 0.29) is 22.9 Å². The zero-order chi connectivity index (χ0) is 18.2. The summed E-state index contributed by atoms with van der Waals surface area (Å²) in [6, 6.07) is 5.71. The molecule has 0 atom stereocenters. The Morgan fingerprint density at radius 3 is 2.72 bits per heavy atom. The lowest BCUT2D eigenvalue weighted by Gasteiger charge is -2.28. The van der Waals surface area contributed by atoms with Gasteiger partial charge in [0.15, 0.2) is 5.82 Å². The molecule has 0 amide bonds. The predicted octanol–water partition coefficient (Wildman–Crippen LogP) is 3.60. The lowest BCUT2D eigenvalue weighted by molar-refractivity contribution is 0.505. The van der Waals surface area contributed by atoms with Gasteiger partial charge in [-0.1, -0.05) is 11.6 Å². The highest BCUT2D eigenvalue weighted by atomic mass is 35.5. The van der Waals surface area contributed by atoms with E-state index >= 15 is 0 Å². The van der Waals surface area contributed by atoms with Crippen LogP contribution < -0.4 is 10.7 Å². The number of nitrogens with zero attached hydrogens (tertiary/aromatic N) is 6. The van der Waals surface area contributed by atoms with E-state index in [0.29, 0.717) is 10.3 Å². The maximum absolute atomic E-state index is 9.51. The largest absolute Gasteiger partial charge is 0.368 e. The second-order valence-electron chi connectivity index (χ2n) is 6.27. The number of rotatable bonds is 3. The predicted molar refractivity (Wildman–Crippen MR) is 101 cm³/mol. The molecule has 0 saturated carbocycles. The molecule has 0 fully saturated rings. The zero-order valence-electron chi connectivity index (χ0n) is 14.0. The van der Waals surface area contributed by atoms with Crippen molar-refractivity contribution in [1.82, 2.24) is 15.0 Å². The van der Waals surface area contributed by atoms with Gasteiger partial charge in [0.1, 0.15) is 6.07 Å². The van der Waals surface area contributed by atoms with Crippen molar-refractivity contribution in [1.29, 1.82) is 5.26 Å². The molecular formula is C16H16ClN7S. The van der Waals surface area contributed by atoms with Crippen LogP contribution in [0, 0.1) is 11.3 Å². The minimum Gasteiger partial charge on any atom is -0.368 e. The maximum atomic E-state index is 9.51. The molecule has 1 aliphatic heterocycles. The summed E-state index contributed by atoms with van der Waals surface area (Å²) in [6.45, 7) is 6.04. The number of hydrogen-bond donors (Lipinski definition) is 1. The number of hydrazone groups is 1. The fraction of sp³-hybridized carbons (Fsp3) is 0.312. The van der Waals surface area contributed by atoms with Crippen molar-refractivity contribution >= 4 is 52.2 Å². The standard InChI is InChI=1S/C16H16ClN7S/c1-9-7-16(2,3)24(23-9)15-21-13(20-14(19)22-15)10(8-18)6-11-4-5-12(17)25-11/h4-6H,7H2,1-3H3,(H2,19,20,21,22)/b10-6+. The van der Waals surface area contributed by atoms with Crippen molar-refractivity contribution < 1.29 is 0 Å². The van der Waals surface area contributed by atoms with E-state index in [4.69, 9.17) is 17.3 Å². The van der Waals surface area contributed by atoms with E-state index in [2.05, 4.69) is 26.1 Å². The van der Waals surface area contributed by atoms with Gasteiger partial charge < -0.3 is 5.73 Å². The van der Waals surface area contributed by atoms with Gasteiger partial charge in [0.2, 0.25) is 5.95 Å². The fourth-order valence-corrected chi connectivity index (χ4v) is 3.65. The van der Waals surface area contributed by atoms with Crippen molar-refractivity contribution in [3.05, 3.63) is 27.2 Å². The van der Waals surface area contributed by atoms with Gasteiger partial charge in [-0.2, -0.15) is 25.3 Å². The quantitative estimate of drug-likeness (QED) is 0.824. The van der Waals surface area contributed by atoms with E-state index < -0.39 is 0 Å². The van der Waals surface area contributed by atoms with E-state index in [9.17, 15) is 5.26 Å². The number of allylic oxidation sites excluding steroid dienone is 1. The minimum atomic E-state index is -0.271. The Labute approximate surface area is 154 Å². The number of anilines is 2. The second kappa shape index (κ2) is 6.43. The topological polar surface area (TPSA) is 104 Å². The Hall–Kier alpha value is -2.50. The molecule has 0 aliphatic carbocycles. The van der Waals surface area contributed by atoms with Crippen molar-refractivity contribution in [2.45, 2.75) is 32.7 Å². The molecule has 128 valence electrons. The highest BCUT2D eigenvalue weighted by molar-refractivity contribution is 7.17. The highest BCUT2D eigenvalue weighted by Gasteiger charge is 2.35. The summed E-state index contributed by atoms with van der Waals surface area (Å²) in [5.41, 5.74) is 6.84. The Kier molecular flexibility index (Phi) is 4.45. The molecule has 3 heterocycles. The third-order valence-corrected chi connectivity index (χ3v) is 4.78. The van der Waals surface area contributed by atoms with Crippen LogP contribution in [0.1, 0.15) is 37.9 Å². The number of aromatic nitrogens is 3. The molecular weight excluding hydrogens is 358 g/mol. The van der Waals surface area contributed by atoms with Crippen molar-refractivity contribution in [3.63, 3.8) is 0 Å². The molecule has 0 spiro atoms. The number of nitrogens with two attached hydrogens (primary N) is 1. The van der Waals surface area contributed by atoms with Gasteiger partial charge in [-0.25, -0.2) is 5.01 Å². The average molecular weight is 374 g/mol. The maximum Gasteiger partial charge on any atom is 0.252 e. The summed E-state index contributed by atoms with van der Waals surface area (Å²) < 4.78 is 0.642. The summed E-state index contributed by atoms with van der Waals surface area (Å²) in [7, 11) is 0. The van der Waals surface area contributed by atoms with Gasteiger partial charge in [0.05, 0.1) is 15.4 Å². The average Bonchev–Trinajstić information content (AvgIpc) is 3.05. The first kappa shape index (κ1) is 17.3. The number of nitriles is 1. The van der Waals surface area contributed by atoms with Crippen LogP contribution in [-0.2, 0) is 0 Å². The normalized spacial score (nSPS) is 16.7. The molecule has 1 aliphatic rings. The molecule has 25 heavy (non-hydrogen) atoms. The summed E-state index contributed by atoms with van der Waals surface area (Å²) in [4.78, 5) is 13.5. The van der Waals surface area contributed by atoms with Crippen LogP contribution in [0.25, 0.3) is 11.6 Å². The summed E-state index contributed by atoms with van der Waals surface area (Å²) in [5, 5.41) is 15.7. The molecule has 0 bridgehead atoms. The Morgan fingerprint density at radius 2 is 2.16 bits per heavy atom. The van der Waals surface area contributed by atoms with Crippen LogP contribution in [0.3, 0.4) is 0 Å². The minimum absolute atomic E-state index is 0.0425. The number of thiophene rings is 1. The van der Waals surface area contributed by atoms with Crippen LogP contribution in [0.4, 0.5) is 11.9 Å². The van der Waals surface area contributed by atoms with Crippen LogP contribution in [0.15, 0.2) is 17.2 Å². The molecule has 0 aromatic carbocycles. The Morgan fingerprint density at radius 1 is 1.40 bits per heavy atom. The van der Waals surface area contributed by atoms with Gasteiger partial charge in [-0.3, -0.25) is 0 Å². The number of halogens is 1. The third-order valence-electron chi connectivity index (χ3n) is 3.60. The molecule has 3 rings (SSSR count). The lowest BCUT2D eigenvalue weighted by atomic mass is 9.99. The monoisotopic (exact) mass is 373 g/mol. The smallest absolute Gasteiger partial charge is 0.252 e. The van der Waals surface area contributed by atoms with Gasteiger partial charge in [0, 0.05) is 17.0 Å². The first-order valence-electron chi connectivity index (χ1n) is 7.52. The van der Waals surface area contributed by atoms with E-state index in [1.807, 2.05) is 26.8 Å². The van der Waals surface area contributed by atoms with Gasteiger partial charge in [0.25, 0.3) is 5.95 Å². The van der Waals surface area contributed by atoms with Crippen LogP contribution >= 0.6 is 22.9 Å².